The number of carboxylic acids is 3. The maximum absolute atomic E-state index is 10.6. The number of rotatable bonds is 7. The van der Waals surface area contributed by atoms with Crippen LogP contribution in [0.2, 0.25) is 0 Å². The molecule has 234 valence electrons. The van der Waals surface area contributed by atoms with Crippen LogP contribution < -0.4 is 15.3 Å². The summed E-state index contributed by atoms with van der Waals surface area (Å²) in [4.78, 5) is 35.8. The van der Waals surface area contributed by atoms with Gasteiger partial charge in [-0.2, -0.15) is 0 Å². The Morgan fingerprint density at radius 2 is 0.956 bits per heavy atom. The topological polar surface area (TPSA) is 187 Å². The van der Waals surface area contributed by atoms with Crippen molar-refractivity contribution in [2.75, 3.05) is 0 Å². The first-order valence-electron chi connectivity index (χ1n) is 13.1. The van der Waals surface area contributed by atoms with Crippen LogP contribution in [0.15, 0.2) is 98.4 Å². The Labute approximate surface area is 272 Å². The molecule has 4 rings (SSSR count). The smallest absolute Gasteiger partial charge is 0.550 e. The number of hydrogen-bond donors (Lipinski definition) is 2. The zero-order valence-corrected chi connectivity index (χ0v) is 26.2. The average Bonchev–Trinajstić information content (AvgIpc) is 2.95. The molecule has 0 radical (unpaired) electrons. The monoisotopic (exact) mass is 652 g/mol. The number of phenols is 2. The molecule has 0 amide bonds. The molecular weight excluding hydrogens is 619 g/mol. The van der Waals surface area contributed by atoms with Crippen LogP contribution in [0.3, 0.4) is 0 Å². The molecule has 2 aromatic heterocycles. The largest absolute Gasteiger partial charge is 3.00 e. The van der Waals surface area contributed by atoms with Gasteiger partial charge in [0.15, 0.2) is 0 Å². The van der Waals surface area contributed by atoms with Gasteiger partial charge in [0, 0.05) is 52.6 Å². The van der Waals surface area contributed by atoms with E-state index >= 15 is 0 Å². The standard InChI is InChI=1S/C28H24N2O2.3C2H4O2.Mn/c1-3-7-19-9-5-11-23(27(19)31)21-13-15-25(29-17-21)26-16-14-22(18-30-26)24-12-6-10-20(8-4-2)28(24)32;3*1-2(3)4;/h3-6,9-18,31-32H,1-2,7-8H2;3*1H3,(H,3,4);/q;;;;+3/p-3. The van der Waals surface area contributed by atoms with Crippen LogP contribution >= 0.6 is 0 Å². The molecule has 4 aromatic rings. The van der Waals surface area contributed by atoms with Crippen molar-refractivity contribution in [1.29, 1.82) is 0 Å². The summed E-state index contributed by atoms with van der Waals surface area (Å²) in [6.07, 6.45) is 8.22. The minimum Gasteiger partial charge on any atom is -0.550 e. The fourth-order valence-electron chi connectivity index (χ4n) is 3.70. The van der Waals surface area contributed by atoms with Gasteiger partial charge in [-0.05, 0) is 56.9 Å². The maximum atomic E-state index is 10.6. The maximum Gasteiger partial charge on any atom is 3.00 e. The Hall–Kier alpha value is -5.25. The van der Waals surface area contributed by atoms with Crippen LogP contribution in [0.5, 0.6) is 11.5 Å². The number of phenolic OH excluding ortho intramolecular Hbond substituents is 2. The van der Waals surface area contributed by atoms with Crippen LogP contribution in [-0.2, 0) is 44.3 Å². The summed E-state index contributed by atoms with van der Waals surface area (Å²) in [7, 11) is 0. The van der Waals surface area contributed by atoms with Gasteiger partial charge in [0.05, 0.1) is 11.4 Å². The van der Waals surface area contributed by atoms with Gasteiger partial charge >= 0.3 is 17.1 Å². The average molecular weight is 653 g/mol. The molecule has 0 unspecified atom stereocenters. The third-order valence-electron chi connectivity index (χ3n) is 5.38. The van der Waals surface area contributed by atoms with Crippen LogP contribution in [0.1, 0.15) is 31.9 Å². The molecule has 2 N–H and O–H groups in total. The minimum absolute atomic E-state index is 0. The van der Waals surface area contributed by atoms with Crippen LogP contribution in [0.25, 0.3) is 33.6 Å². The first-order chi connectivity index (χ1) is 20.8. The molecular formula is C34H33MnN2O8. The molecule has 0 saturated carbocycles. The quantitative estimate of drug-likeness (QED) is 0.222. The van der Waals surface area contributed by atoms with Gasteiger partial charge in [0.1, 0.15) is 11.5 Å². The van der Waals surface area contributed by atoms with Gasteiger partial charge in [-0.3, -0.25) is 9.97 Å². The molecule has 0 fully saturated rings. The Morgan fingerprint density at radius 3 is 1.20 bits per heavy atom. The summed E-state index contributed by atoms with van der Waals surface area (Å²) in [6, 6.07) is 19.0. The van der Waals surface area contributed by atoms with Crippen molar-refractivity contribution in [2.24, 2.45) is 0 Å². The SMILES string of the molecule is C=CCc1cccc(-c2ccc(-c3ccc(-c4cccc(CC=C)c4O)cn3)nc2)c1O.CC(=O)[O-].CC(=O)[O-].CC(=O)[O-].[Mn+3]. The molecule has 2 aromatic carbocycles. The number of aromatic nitrogens is 2. The van der Waals surface area contributed by atoms with E-state index in [0.29, 0.717) is 12.8 Å². The number of hydrogen-bond acceptors (Lipinski definition) is 10. The Bertz CT molecular complexity index is 1430. The first-order valence-corrected chi connectivity index (χ1v) is 13.1. The van der Waals surface area contributed by atoms with E-state index in [1.807, 2.05) is 60.7 Å². The van der Waals surface area contributed by atoms with E-state index in [1.165, 1.54) is 0 Å². The number of carboxylic acid groups (broad SMARTS) is 3. The first kappa shape index (κ1) is 39.7. The number of para-hydroxylation sites is 2. The summed E-state index contributed by atoms with van der Waals surface area (Å²) >= 11 is 0. The van der Waals surface area contributed by atoms with Gasteiger partial charge in [-0.15, -0.1) is 13.2 Å². The van der Waals surface area contributed by atoms with Crippen molar-refractivity contribution in [3.63, 3.8) is 0 Å². The van der Waals surface area contributed by atoms with Crippen LogP contribution in [-0.4, -0.2) is 38.1 Å². The molecule has 0 spiro atoms. The van der Waals surface area contributed by atoms with Crippen molar-refractivity contribution in [3.05, 3.63) is 109 Å². The van der Waals surface area contributed by atoms with Gasteiger partial charge in [-0.1, -0.05) is 60.7 Å². The number of carbonyl (C=O) groups is 3. The molecule has 10 nitrogen and oxygen atoms in total. The molecule has 0 aliphatic carbocycles. The fourth-order valence-corrected chi connectivity index (χ4v) is 3.70. The van der Waals surface area contributed by atoms with Crippen molar-refractivity contribution in [2.45, 2.75) is 33.6 Å². The summed E-state index contributed by atoms with van der Waals surface area (Å²) in [5, 5.41) is 47.8. The second kappa shape index (κ2) is 20.6. The second-order valence-electron chi connectivity index (χ2n) is 8.95. The zero-order valence-electron chi connectivity index (χ0n) is 25.0. The van der Waals surface area contributed by atoms with E-state index in [4.69, 9.17) is 29.7 Å². The Morgan fingerprint density at radius 1 is 0.644 bits per heavy atom. The van der Waals surface area contributed by atoms with Crippen LogP contribution in [0.4, 0.5) is 0 Å². The summed E-state index contributed by atoms with van der Waals surface area (Å²) in [6.45, 7) is 10.4. The summed E-state index contributed by atoms with van der Waals surface area (Å²) in [5.41, 5.74) is 6.26. The van der Waals surface area contributed by atoms with Crippen molar-refractivity contribution < 1.29 is 57.0 Å². The molecule has 0 saturated heterocycles. The predicted octanol–water partition coefficient (Wildman–Crippen LogP) is 2.61. The molecule has 0 bridgehead atoms. The van der Waals surface area contributed by atoms with E-state index in [0.717, 1.165) is 65.5 Å². The van der Waals surface area contributed by atoms with Crippen molar-refractivity contribution >= 4 is 17.9 Å². The number of pyridine rings is 2. The molecule has 45 heavy (non-hydrogen) atoms. The van der Waals surface area contributed by atoms with Crippen molar-refractivity contribution in [1.82, 2.24) is 9.97 Å². The van der Waals surface area contributed by atoms with E-state index in [1.54, 1.807) is 24.5 Å². The normalized spacial score (nSPS) is 9.22. The minimum atomic E-state index is -1.08. The second-order valence-corrected chi connectivity index (χ2v) is 8.95. The third-order valence-corrected chi connectivity index (χ3v) is 5.38. The number of aliphatic carboxylic acids is 3. The number of nitrogens with zero attached hydrogens (tertiary/aromatic N) is 2. The van der Waals surface area contributed by atoms with Crippen LogP contribution in [0, 0.1) is 0 Å². The van der Waals surface area contributed by atoms with Crippen molar-refractivity contribution in [3.8, 4) is 45.1 Å². The summed E-state index contributed by atoms with van der Waals surface area (Å²) in [5.74, 6) is -2.74. The van der Waals surface area contributed by atoms with E-state index in [9.17, 15) is 10.2 Å². The Balaban J connectivity index is 0.00000128. The zero-order chi connectivity index (χ0) is 33.2. The van der Waals surface area contributed by atoms with E-state index < -0.39 is 17.9 Å². The number of benzene rings is 2. The molecule has 0 aliphatic rings. The molecule has 2 heterocycles. The number of allylic oxidation sites excluding steroid dienone is 2. The van der Waals surface area contributed by atoms with E-state index in [2.05, 4.69) is 23.1 Å². The van der Waals surface area contributed by atoms with Gasteiger partial charge in [-0.25, -0.2) is 0 Å². The van der Waals surface area contributed by atoms with E-state index in [-0.39, 0.29) is 28.6 Å². The molecule has 0 atom stereocenters. The molecule has 0 aliphatic heterocycles. The third kappa shape index (κ3) is 14.2. The van der Waals surface area contributed by atoms with Gasteiger partial charge < -0.3 is 39.9 Å². The summed E-state index contributed by atoms with van der Waals surface area (Å²) < 4.78 is 0. The van der Waals surface area contributed by atoms with Gasteiger partial charge in [0.2, 0.25) is 0 Å². The molecule has 11 heteroatoms. The number of carbonyl (C=O) groups excluding carboxylic acids is 3. The Kier molecular flexibility index (Phi) is 18.2. The number of aromatic hydroxyl groups is 2. The van der Waals surface area contributed by atoms with Gasteiger partial charge in [0.25, 0.3) is 0 Å². The fraction of sp³-hybridized carbons (Fsp3) is 0.147. The predicted molar refractivity (Wildman–Crippen MR) is 162 cm³/mol.